The fraction of sp³-hybridized carbons (Fsp3) is 0.550. The van der Waals surface area contributed by atoms with Crippen molar-refractivity contribution in [3.05, 3.63) is 23.8 Å². The average molecular weight is 412 g/mol. The van der Waals surface area contributed by atoms with Crippen molar-refractivity contribution in [3.8, 4) is 11.5 Å². The van der Waals surface area contributed by atoms with Gasteiger partial charge in [0.15, 0.2) is 11.5 Å². The molecule has 0 bridgehead atoms. The molecule has 0 fully saturated rings. The van der Waals surface area contributed by atoms with Gasteiger partial charge in [0.1, 0.15) is 6.04 Å². The maximum Gasteiger partial charge on any atom is 0.326 e. The monoisotopic (exact) mass is 412 g/mol. The minimum Gasteiger partial charge on any atom is -0.493 e. The molecule has 0 aromatic heterocycles. The first-order chi connectivity index (χ1) is 13.5. The highest BCUT2D eigenvalue weighted by Crippen LogP contribution is 2.30. The Balaban J connectivity index is 0.000000578. The summed E-state index contributed by atoms with van der Waals surface area (Å²) >= 11 is 0. The normalized spacial score (nSPS) is 12.1. The van der Waals surface area contributed by atoms with E-state index < -0.39 is 18.1 Å². The number of benzene rings is 1. The number of carboxylic acid groups (broad SMARTS) is 1. The van der Waals surface area contributed by atoms with Gasteiger partial charge in [-0.2, -0.15) is 0 Å². The molecule has 1 amide bonds. The number of nitrogens with one attached hydrogen (secondary N) is 1. The number of aliphatic carboxylic acids is 1. The standard InChI is InChI=1S/C12H17NO4.C8H15NO3/c1-15-10-5-4-8(6-11(10)16-2)9(13)7-12(14)17-3;1-5(2)4-7(8(11)12)9-6(3)10/h4-6,9H,7,13H2,1-3H3;5,7H,4H2,1-3H3,(H,9,10)(H,11,12)/t;7-/m.0/s1. The van der Waals surface area contributed by atoms with E-state index in [2.05, 4.69) is 10.1 Å². The molecule has 9 nitrogen and oxygen atoms in total. The van der Waals surface area contributed by atoms with Crippen molar-refractivity contribution >= 4 is 17.8 Å². The van der Waals surface area contributed by atoms with Crippen molar-refractivity contribution in [3.63, 3.8) is 0 Å². The summed E-state index contributed by atoms with van der Waals surface area (Å²) in [6.45, 7) is 5.14. The Hall–Kier alpha value is -2.81. The molecule has 164 valence electrons. The summed E-state index contributed by atoms with van der Waals surface area (Å²) in [6, 6.07) is 4.15. The third kappa shape index (κ3) is 10.3. The van der Waals surface area contributed by atoms with Crippen molar-refractivity contribution in [2.75, 3.05) is 21.3 Å². The molecule has 0 aliphatic rings. The Kier molecular flexibility index (Phi) is 12.1. The fourth-order valence-electron chi connectivity index (χ4n) is 2.40. The molecule has 9 heteroatoms. The Morgan fingerprint density at radius 1 is 1.10 bits per heavy atom. The van der Waals surface area contributed by atoms with Gasteiger partial charge in [-0.15, -0.1) is 0 Å². The van der Waals surface area contributed by atoms with Crippen LogP contribution in [0, 0.1) is 5.92 Å². The molecule has 0 heterocycles. The molecule has 1 rings (SSSR count). The SMILES string of the molecule is CC(=O)N[C@@H](CC(C)C)C(=O)O.COC(=O)CC(N)c1ccc(OC)c(OC)c1. The van der Waals surface area contributed by atoms with Gasteiger partial charge in [-0.1, -0.05) is 19.9 Å². The Morgan fingerprint density at radius 2 is 1.69 bits per heavy atom. The second kappa shape index (κ2) is 13.4. The number of hydrogen-bond acceptors (Lipinski definition) is 7. The van der Waals surface area contributed by atoms with E-state index in [-0.39, 0.29) is 24.2 Å². The zero-order chi connectivity index (χ0) is 22.6. The lowest BCUT2D eigenvalue weighted by Crippen LogP contribution is -2.40. The van der Waals surface area contributed by atoms with Gasteiger partial charge in [0.2, 0.25) is 5.91 Å². The predicted octanol–water partition coefficient (Wildman–Crippen LogP) is 1.89. The fourth-order valence-corrected chi connectivity index (χ4v) is 2.40. The molecule has 0 saturated carbocycles. The van der Waals surface area contributed by atoms with Crippen LogP contribution < -0.4 is 20.5 Å². The zero-order valence-corrected chi connectivity index (χ0v) is 17.9. The molecule has 1 unspecified atom stereocenters. The minimum absolute atomic E-state index is 0.131. The first kappa shape index (κ1) is 26.2. The van der Waals surface area contributed by atoms with E-state index in [1.807, 2.05) is 13.8 Å². The second-order valence-electron chi connectivity index (χ2n) is 6.72. The van der Waals surface area contributed by atoms with Crippen LogP contribution in [-0.2, 0) is 19.1 Å². The van der Waals surface area contributed by atoms with Crippen LogP contribution in [0.2, 0.25) is 0 Å². The molecule has 1 aromatic carbocycles. The number of carboxylic acids is 1. The smallest absolute Gasteiger partial charge is 0.326 e. The highest BCUT2D eigenvalue weighted by molar-refractivity contribution is 5.82. The van der Waals surface area contributed by atoms with Gasteiger partial charge < -0.3 is 30.4 Å². The predicted molar refractivity (Wildman–Crippen MR) is 108 cm³/mol. The van der Waals surface area contributed by atoms with Crippen molar-refractivity contribution in [1.82, 2.24) is 5.32 Å². The lowest BCUT2D eigenvalue weighted by atomic mass is 10.0. The van der Waals surface area contributed by atoms with Gasteiger partial charge in [-0.25, -0.2) is 4.79 Å². The molecule has 29 heavy (non-hydrogen) atoms. The maximum atomic E-state index is 11.1. The summed E-state index contributed by atoms with van der Waals surface area (Å²) in [7, 11) is 4.45. The third-order valence-electron chi connectivity index (χ3n) is 3.83. The summed E-state index contributed by atoms with van der Waals surface area (Å²) in [4.78, 5) is 32.2. The molecule has 4 N–H and O–H groups in total. The molecule has 0 radical (unpaired) electrons. The van der Waals surface area contributed by atoms with E-state index in [1.54, 1.807) is 32.4 Å². The second-order valence-corrected chi connectivity index (χ2v) is 6.72. The Labute approximate surface area is 171 Å². The number of carbonyl (C=O) groups is 3. The highest BCUT2D eigenvalue weighted by Gasteiger charge is 2.19. The van der Waals surface area contributed by atoms with Crippen molar-refractivity contribution in [1.29, 1.82) is 0 Å². The number of methoxy groups -OCH3 is 3. The summed E-state index contributed by atoms with van der Waals surface area (Å²) in [5, 5.41) is 11.0. The lowest BCUT2D eigenvalue weighted by Gasteiger charge is -2.14. The topological polar surface area (TPSA) is 137 Å². The van der Waals surface area contributed by atoms with Gasteiger partial charge in [0.05, 0.1) is 27.8 Å². The average Bonchev–Trinajstić information content (AvgIpc) is 2.66. The van der Waals surface area contributed by atoms with Crippen molar-refractivity contribution in [2.24, 2.45) is 11.7 Å². The Morgan fingerprint density at radius 3 is 2.10 bits per heavy atom. The molecule has 1 aromatic rings. The van der Waals surface area contributed by atoms with E-state index in [0.29, 0.717) is 17.9 Å². The van der Waals surface area contributed by atoms with Crippen LogP contribution in [0.5, 0.6) is 11.5 Å². The van der Waals surface area contributed by atoms with E-state index >= 15 is 0 Å². The highest BCUT2D eigenvalue weighted by atomic mass is 16.5. The van der Waals surface area contributed by atoms with Gasteiger partial charge in [-0.05, 0) is 30.0 Å². The van der Waals surface area contributed by atoms with Gasteiger partial charge in [0, 0.05) is 13.0 Å². The van der Waals surface area contributed by atoms with Gasteiger partial charge in [-0.3, -0.25) is 9.59 Å². The first-order valence-corrected chi connectivity index (χ1v) is 9.09. The first-order valence-electron chi connectivity index (χ1n) is 9.09. The van der Waals surface area contributed by atoms with E-state index in [0.717, 1.165) is 5.56 Å². The molecule has 0 aliphatic carbocycles. The van der Waals surface area contributed by atoms with E-state index in [9.17, 15) is 14.4 Å². The van der Waals surface area contributed by atoms with Crippen LogP contribution in [0.25, 0.3) is 0 Å². The molecular weight excluding hydrogens is 380 g/mol. The summed E-state index contributed by atoms with van der Waals surface area (Å²) in [6.07, 6.45) is 0.598. The lowest BCUT2D eigenvalue weighted by molar-refractivity contribution is -0.142. The summed E-state index contributed by atoms with van der Waals surface area (Å²) in [5.41, 5.74) is 6.69. The number of ether oxygens (including phenoxy) is 3. The largest absolute Gasteiger partial charge is 0.493 e. The van der Waals surface area contributed by atoms with Crippen LogP contribution in [0.3, 0.4) is 0 Å². The molecular formula is C20H32N2O7. The zero-order valence-electron chi connectivity index (χ0n) is 17.9. The maximum absolute atomic E-state index is 11.1. The van der Waals surface area contributed by atoms with Gasteiger partial charge >= 0.3 is 11.9 Å². The summed E-state index contributed by atoms with van der Waals surface area (Å²) in [5.74, 6) is -0.140. The Bertz CT molecular complexity index is 677. The minimum atomic E-state index is -0.973. The quantitative estimate of drug-likeness (QED) is 0.523. The third-order valence-corrected chi connectivity index (χ3v) is 3.83. The number of nitrogens with two attached hydrogens (primary N) is 1. The van der Waals surface area contributed by atoms with Crippen molar-refractivity contribution < 1.29 is 33.7 Å². The number of esters is 1. The number of amides is 1. The van der Waals surface area contributed by atoms with Crippen LogP contribution in [-0.4, -0.2) is 50.3 Å². The molecule has 0 saturated heterocycles. The van der Waals surface area contributed by atoms with Crippen molar-refractivity contribution in [2.45, 2.75) is 45.7 Å². The molecule has 2 atom stereocenters. The van der Waals surface area contributed by atoms with Crippen LogP contribution in [0.4, 0.5) is 0 Å². The van der Waals surface area contributed by atoms with Crippen LogP contribution >= 0.6 is 0 Å². The van der Waals surface area contributed by atoms with Crippen LogP contribution in [0.15, 0.2) is 18.2 Å². The van der Waals surface area contributed by atoms with Gasteiger partial charge in [0.25, 0.3) is 0 Å². The number of carbonyl (C=O) groups excluding carboxylic acids is 2. The van der Waals surface area contributed by atoms with Crippen LogP contribution in [0.1, 0.15) is 45.2 Å². The number of rotatable bonds is 9. The molecule has 0 aliphatic heterocycles. The van der Waals surface area contributed by atoms with E-state index in [1.165, 1.54) is 14.0 Å². The van der Waals surface area contributed by atoms with E-state index in [4.69, 9.17) is 20.3 Å². The summed E-state index contributed by atoms with van der Waals surface area (Å²) < 4.78 is 14.8. The molecule has 0 spiro atoms. The number of hydrogen-bond donors (Lipinski definition) is 3.